The summed E-state index contributed by atoms with van der Waals surface area (Å²) in [4.78, 5) is 15.3. The molecule has 0 spiro atoms. The Hall–Kier alpha value is -1.33. The van der Waals surface area contributed by atoms with Gasteiger partial charge in [0.05, 0.1) is 12.7 Å². The predicted octanol–water partition coefficient (Wildman–Crippen LogP) is -0.327. The van der Waals surface area contributed by atoms with Crippen LogP contribution in [0.1, 0.15) is 0 Å². The molecule has 0 aromatic carbocycles. The van der Waals surface area contributed by atoms with Crippen molar-refractivity contribution in [2.24, 2.45) is 5.73 Å². The molecule has 0 fully saturated rings. The van der Waals surface area contributed by atoms with E-state index in [-0.39, 0.29) is 5.57 Å². The summed E-state index contributed by atoms with van der Waals surface area (Å²) in [6.45, 7) is 0. The van der Waals surface area contributed by atoms with E-state index in [0.29, 0.717) is 0 Å². The maximum atomic E-state index is 10.5. The molecule has 0 saturated carbocycles. The van der Waals surface area contributed by atoms with E-state index in [1.165, 1.54) is 30.5 Å². The number of rotatable bonds is 2. The lowest BCUT2D eigenvalue weighted by atomic mass is 10.2. The van der Waals surface area contributed by atoms with E-state index in [9.17, 15) is 4.79 Å². The van der Waals surface area contributed by atoms with Gasteiger partial charge in [0.2, 0.25) is 0 Å². The average molecular weight is 170 g/mol. The lowest BCUT2D eigenvalue weighted by molar-refractivity contribution is -0.133. The van der Waals surface area contributed by atoms with Gasteiger partial charge in [-0.2, -0.15) is 0 Å². The number of carboxylic acid groups (broad SMARTS) is 1. The molecule has 5 heteroatoms. The fourth-order valence-electron chi connectivity index (χ4n) is 0.891. The van der Waals surface area contributed by atoms with Crippen molar-refractivity contribution in [1.29, 1.82) is 0 Å². The minimum atomic E-state index is -0.988. The molecule has 0 saturated heterocycles. The largest absolute Gasteiger partial charge is 0.478 e. The van der Waals surface area contributed by atoms with E-state index in [1.807, 2.05) is 0 Å². The van der Waals surface area contributed by atoms with Gasteiger partial charge in [0, 0.05) is 6.20 Å². The lowest BCUT2D eigenvalue weighted by Crippen LogP contribution is -2.38. The molecular formula is C7H10N2O3. The molecule has 0 radical (unpaired) electrons. The number of aliphatic carboxylic acids is 1. The highest BCUT2D eigenvalue weighted by atomic mass is 16.7. The van der Waals surface area contributed by atoms with Crippen LogP contribution >= 0.6 is 0 Å². The zero-order chi connectivity index (χ0) is 9.14. The van der Waals surface area contributed by atoms with Crippen LogP contribution in [0.25, 0.3) is 0 Å². The van der Waals surface area contributed by atoms with E-state index in [1.54, 1.807) is 0 Å². The minimum absolute atomic E-state index is 0.177. The molecule has 0 aliphatic carbocycles. The molecule has 5 nitrogen and oxygen atoms in total. The summed E-state index contributed by atoms with van der Waals surface area (Å²) >= 11 is 0. The molecular weight excluding hydrogens is 160 g/mol. The summed E-state index contributed by atoms with van der Waals surface area (Å²) in [6.07, 6.45) is 3.78. The van der Waals surface area contributed by atoms with Crippen LogP contribution in [0.2, 0.25) is 0 Å². The van der Waals surface area contributed by atoms with E-state index in [2.05, 4.69) is 0 Å². The molecule has 1 unspecified atom stereocenters. The molecule has 0 aromatic heterocycles. The minimum Gasteiger partial charge on any atom is -0.478 e. The smallest absolute Gasteiger partial charge is 0.335 e. The van der Waals surface area contributed by atoms with Crippen molar-refractivity contribution in [3.05, 3.63) is 23.9 Å². The summed E-state index contributed by atoms with van der Waals surface area (Å²) < 4.78 is 0. The first kappa shape index (κ1) is 8.76. The van der Waals surface area contributed by atoms with Crippen LogP contribution in [-0.2, 0) is 9.63 Å². The van der Waals surface area contributed by atoms with E-state index in [0.717, 1.165) is 0 Å². The third-order valence-corrected chi connectivity index (χ3v) is 1.50. The second-order valence-electron chi connectivity index (χ2n) is 2.28. The van der Waals surface area contributed by atoms with Crippen LogP contribution in [0, 0.1) is 0 Å². The quantitative estimate of drug-likeness (QED) is 0.593. The number of nitrogens with zero attached hydrogens (tertiary/aromatic N) is 1. The first-order chi connectivity index (χ1) is 5.65. The van der Waals surface area contributed by atoms with Gasteiger partial charge < -0.3 is 10.8 Å². The standard InChI is InChI=1S/C7H10N2O3/c1-12-9-3-2-5(7(10)11)4-6(9)8/h2-4,6H,8H2,1H3,(H,10,11). The molecule has 1 rings (SSSR count). The van der Waals surface area contributed by atoms with Crippen molar-refractivity contribution in [2.75, 3.05) is 7.11 Å². The van der Waals surface area contributed by atoms with Crippen molar-refractivity contribution in [1.82, 2.24) is 5.06 Å². The summed E-state index contributed by atoms with van der Waals surface area (Å²) in [5.74, 6) is -0.988. The van der Waals surface area contributed by atoms with Gasteiger partial charge in [-0.1, -0.05) is 0 Å². The van der Waals surface area contributed by atoms with E-state index < -0.39 is 12.1 Å². The Morgan fingerprint density at radius 1 is 1.83 bits per heavy atom. The van der Waals surface area contributed by atoms with Gasteiger partial charge >= 0.3 is 5.97 Å². The topological polar surface area (TPSA) is 75.8 Å². The molecule has 1 aliphatic rings. The van der Waals surface area contributed by atoms with Gasteiger partial charge in [-0.05, 0) is 12.2 Å². The van der Waals surface area contributed by atoms with Gasteiger partial charge in [-0.15, -0.1) is 0 Å². The van der Waals surface area contributed by atoms with E-state index >= 15 is 0 Å². The van der Waals surface area contributed by atoms with Gasteiger partial charge in [-0.25, -0.2) is 9.86 Å². The first-order valence-electron chi connectivity index (χ1n) is 3.36. The highest BCUT2D eigenvalue weighted by Gasteiger charge is 2.15. The fraction of sp³-hybridized carbons (Fsp3) is 0.286. The maximum absolute atomic E-state index is 10.5. The van der Waals surface area contributed by atoms with Gasteiger partial charge in [0.15, 0.2) is 0 Å². The van der Waals surface area contributed by atoms with Crippen molar-refractivity contribution in [3.8, 4) is 0 Å². The molecule has 1 heterocycles. The Kier molecular flexibility index (Phi) is 2.47. The molecule has 66 valence electrons. The Morgan fingerprint density at radius 2 is 2.50 bits per heavy atom. The highest BCUT2D eigenvalue weighted by Crippen LogP contribution is 2.10. The van der Waals surface area contributed by atoms with Crippen LogP contribution in [0.3, 0.4) is 0 Å². The monoisotopic (exact) mass is 170 g/mol. The van der Waals surface area contributed by atoms with Gasteiger partial charge in [0.25, 0.3) is 0 Å². The molecule has 12 heavy (non-hydrogen) atoms. The highest BCUT2D eigenvalue weighted by molar-refractivity contribution is 5.90. The van der Waals surface area contributed by atoms with Crippen molar-refractivity contribution >= 4 is 5.97 Å². The maximum Gasteiger partial charge on any atom is 0.335 e. The number of hydrogen-bond acceptors (Lipinski definition) is 4. The Labute approximate surface area is 69.7 Å². The van der Waals surface area contributed by atoms with Gasteiger partial charge in [-0.3, -0.25) is 4.84 Å². The first-order valence-corrected chi connectivity index (χ1v) is 3.36. The molecule has 0 bridgehead atoms. The Bertz CT molecular complexity index is 247. The SMILES string of the molecule is CON1C=CC(C(=O)O)=CC1N. The number of carboxylic acids is 1. The third kappa shape index (κ3) is 1.63. The summed E-state index contributed by atoms with van der Waals surface area (Å²) in [7, 11) is 1.46. The number of nitrogens with two attached hydrogens (primary N) is 1. The lowest BCUT2D eigenvalue weighted by Gasteiger charge is -2.25. The van der Waals surface area contributed by atoms with Gasteiger partial charge in [0.1, 0.15) is 6.17 Å². The molecule has 0 aromatic rings. The number of hydroxylamine groups is 2. The predicted molar refractivity (Wildman–Crippen MR) is 41.7 cm³/mol. The van der Waals surface area contributed by atoms with Crippen LogP contribution in [0.4, 0.5) is 0 Å². The summed E-state index contributed by atoms with van der Waals surface area (Å²) in [6, 6.07) is 0. The van der Waals surface area contributed by atoms with Crippen LogP contribution in [0.15, 0.2) is 23.9 Å². The average Bonchev–Trinajstić information content (AvgIpc) is 2.04. The molecule has 1 aliphatic heterocycles. The number of carbonyl (C=O) groups is 1. The summed E-state index contributed by atoms with van der Waals surface area (Å²) in [5, 5.41) is 9.93. The van der Waals surface area contributed by atoms with Crippen molar-refractivity contribution in [2.45, 2.75) is 6.17 Å². The van der Waals surface area contributed by atoms with Crippen molar-refractivity contribution in [3.63, 3.8) is 0 Å². The second-order valence-corrected chi connectivity index (χ2v) is 2.28. The molecule has 3 N–H and O–H groups in total. The fourth-order valence-corrected chi connectivity index (χ4v) is 0.891. The van der Waals surface area contributed by atoms with E-state index in [4.69, 9.17) is 15.7 Å². The normalized spacial score (nSPS) is 22.3. The Balaban J connectivity index is 2.75. The Morgan fingerprint density at radius 3 is 2.92 bits per heavy atom. The zero-order valence-corrected chi connectivity index (χ0v) is 6.60. The zero-order valence-electron chi connectivity index (χ0n) is 6.60. The number of hydrogen-bond donors (Lipinski definition) is 2. The molecule has 0 amide bonds. The van der Waals surface area contributed by atoms with Crippen LogP contribution in [0.5, 0.6) is 0 Å². The third-order valence-electron chi connectivity index (χ3n) is 1.50. The summed E-state index contributed by atoms with van der Waals surface area (Å²) in [5.41, 5.74) is 5.70. The van der Waals surface area contributed by atoms with Crippen molar-refractivity contribution < 1.29 is 14.7 Å². The van der Waals surface area contributed by atoms with Crippen LogP contribution < -0.4 is 5.73 Å². The molecule has 1 atom stereocenters. The second kappa shape index (κ2) is 3.38. The van der Waals surface area contributed by atoms with Crippen LogP contribution in [-0.4, -0.2) is 29.4 Å².